The highest BCUT2D eigenvalue weighted by molar-refractivity contribution is 6.40. The number of ether oxygens (including phenoxy) is 1. The van der Waals surface area contributed by atoms with Crippen LogP contribution < -0.4 is 15.5 Å². The van der Waals surface area contributed by atoms with Gasteiger partial charge in [0.05, 0.1) is 12.0 Å². The SMILES string of the molecule is C/C(=N\NC(=O)C(=O)Nc1cccc(Cl)c1)c1ccccc1OC(=O)c1ccco1. The third kappa shape index (κ3) is 5.33. The van der Waals surface area contributed by atoms with Gasteiger partial charge in [0, 0.05) is 16.3 Å². The molecule has 0 fully saturated rings. The second kappa shape index (κ2) is 9.53. The Morgan fingerprint density at radius 3 is 2.53 bits per heavy atom. The van der Waals surface area contributed by atoms with Crippen molar-refractivity contribution in [2.45, 2.75) is 6.92 Å². The molecule has 0 aliphatic heterocycles. The first kappa shape index (κ1) is 20.8. The fourth-order valence-electron chi connectivity index (χ4n) is 2.40. The number of nitrogens with one attached hydrogen (secondary N) is 2. The van der Waals surface area contributed by atoms with Crippen LogP contribution in [0.2, 0.25) is 5.02 Å². The Labute approximate surface area is 176 Å². The van der Waals surface area contributed by atoms with Crippen LogP contribution in [0.3, 0.4) is 0 Å². The molecule has 2 amide bonds. The number of hydrogen-bond donors (Lipinski definition) is 2. The lowest BCUT2D eigenvalue weighted by molar-refractivity contribution is -0.136. The fourth-order valence-corrected chi connectivity index (χ4v) is 2.59. The lowest BCUT2D eigenvalue weighted by Gasteiger charge is -2.09. The van der Waals surface area contributed by atoms with Crippen LogP contribution in [0.15, 0.2) is 76.4 Å². The molecule has 3 aromatic rings. The zero-order valence-electron chi connectivity index (χ0n) is 15.7. The van der Waals surface area contributed by atoms with Crippen LogP contribution in [0.1, 0.15) is 23.0 Å². The number of hydrazone groups is 1. The lowest BCUT2D eigenvalue weighted by Crippen LogP contribution is -2.33. The monoisotopic (exact) mass is 425 g/mol. The molecule has 0 atom stereocenters. The third-order valence-electron chi connectivity index (χ3n) is 3.82. The quantitative estimate of drug-likeness (QED) is 0.213. The number of carbonyl (C=O) groups is 3. The van der Waals surface area contributed by atoms with Crippen molar-refractivity contribution in [3.8, 4) is 5.75 Å². The Morgan fingerprint density at radius 2 is 1.80 bits per heavy atom. The van der Waals surface area contributed by atoms with Gasteiger partial charge in [-0.3, -0.25) is 9.59 Å². The highest BCUT2D eigenvalue weighted by Crippen LogP contribution is 2.20. The van der Waals surface area contributed by atoms with Gasteiger partial charge in [-0.1, -0.05) is 29.8 Å². The summed E-state index contributed by atoms with van der Waals surface area (Å²) in [5.41, 5.74) is 3.32. The van der Waals surface area contributed by atoms with Gasteiger partial charge in [-0.05, 0) is 49.4 Å². The molecule has 30 heavy (non-hydrogen) atoms. The van der Waals surface area contributed by atoms with Crippen LogP contribution in [-0.2, 0) is 9.59 Å². The van der Waals surface area contributed by atoms with E-state index in [1.165, 1.54) is 18.4 Å². The molecule has 0 aliphatic carbocycles. The highest BCUT2D eigenvalue weighted by atomic mass is 35.5. The average molecular weight is 426 g/mol. The number of furan rings is 1. The van der Waals surface area contributed by atoms with Gasteiger partial charge in [0.15, 0.2) is 0 Å². The number of para-hydroxylation sites is 1. The number of esters is 1. The maximum Gasteiger partial charge on any atom is 0.379 e. The van der Waals surface area contributed by atoms with Gasteiger partial charge in [0.1, 0.15) is 5.75 Å². The summed E-state index contributed by atoms with van der Waals surface area (Å²) in [4.78, 5) is 36.1. The maximum absolute atomic E-state index is 12.1. The van der Waals surface area contributed by atoms with Crippen molar-refractivity contribution in [3.05, 3.63) is 83.3 Å². The van der Waals surface area contributed by atoms with Crippen molar-refractivity contribution in [1.82, 2.24) is 5.43 Å². The van der Waals surface area contributed by atoms with E-state index in [0.29, 0.717) is 22.0 Å². The second-order valence-corrected chi connectivity index (χ2v) is 6.40. The summed E-state index contributed by atoms with van der Waals surface area (Å²) in [5.74, 6) is -2.29. The minimum Gasteiger partial charge on any atom is -0.457 e. The van der Waals surface area contributed by atoms with Crippen molar-refractivity contribution in [3.63, 3.8) is 0 Å². The summed E-state index contributed by atoms with van der Waals surface area (Å²) in [6, 6.07) is 16.0. The van der Waals surface area contributed by atoms with Crippen molar-refractivity contribution < 1.29 is 23.5 Å². The predicted octanol–water partition coefficient (Wildman–Crippen LogP) is 3.63. The Morgan fingerprint density at radius 1 is 1.00 bits per heavy atom. The summed E-state index contributed by atoms with van der Waals surface area (Å²) >= 11 is 5.85. The van der Waals surface area contributed by atoms with Crippen molar-refractivity contribution in [2.24, 2.45) is 5.10 Å². The number of halogens is 1. The first-order valence-corrected chi connectivity index (χ1v) is 9.08. The topological polar surface area (TPSA) is 110 Å². The zero-order chi connectivity index (χ0) is 21.5. The van der Waals surface area contributed by atoms with E-state index in [9.17, 15) is 14.4 Å². The van der Waals surface area contributed by atoms with E-state index in [1.807, 2.05) is 0 Å². The minimum absolute atomic E-state index is 0.0467. The molecule has 0 saturated carbocycles. The Kier molecular flexibility index (Phi) is 6.61. The number of carbonyl (C=O) groups excluding carboxylic acids is 3. The van der Waals surface area contributed by atoms with Crippen LogP contribution in [0.5, 0.6) is 5.75 Å². The summed E-state index contributed by atoms with van der Waals surface area (Å²) in [5, 5.41) is 6.75. The molecule has 3 rings (SSSR count). The van der Waals surface area contributed by atoms with E-state index in [4.69, 9.17) is 20.8 Å². The second-order valence-electron chi connectivity index (χ2n) is 5.97. The molecular weight excluding hydrogens is 410 g/mol. The normalized spacial score (nSPS) is 10.9. The number of hydrogen-bond acceptors (Lipinski definition) is 6. The Hall–Kier alpha value is -3.91. The van der Waals surface area contributed by atoms with Crippen molar-refractivity contribution >= 4 is 40.8 Å². The van der Waals surface area contributed by atoms with E-state index >= 15 is 0 Å². The standard InChI is InChI=1S/C21H16ClN3O5/c1-13(24-25-20(27)19(26)23-15-7-4-6-14(22)12-15)16-8-2-3-9-17(16)30-21(28)18-10-5-11-29-18/h2-12H,1H3,(H,23,26)(H,25,27)/b24-13+. The molecule has 0 bridgehead atoms. The number of anilines is 1. The molecule has 9 heteroatoms. The molecule has 0 radical (unpaired) electrons. The molecule has 0 saturated heterocycles. The summed E-state index contributed by atoms with van der Waals surface area (Å²) in [6.07, 6.45) is 1.36. The summed E-state index contributed by atoms with van der Waals surface area (Å²) < 4.78 is 10.4. The zero-order valence-corrected chi connectivity index (χ0v) is 16.5. The van der Waals surface area contributed by atoms with Crippen molar-refractivity contribution in [2.75, 3.05) is 5.32 Å². The van der Waals surface area contributed by atoms with Gasteiger partial charge in [-0.2, -0.15) is 5.10 Å². The van der Waals surface area contributed by atoms with E-state index in [-0.39, 0.29) is 11.5 Å². The predicted molar refractivity (Wildman–Crippen MR) is 111 cm³/mol. The van der Waals surface area contributed by atoms with E-state index in [1.54, 1.807) is 55.5 Å². The maximum atomic E-state index is 12.1. The molecule has 1 aromatic heterocycles. The van der Waals surface area contributed by atoms with Crippen LogP contribution >= 0.6 is 11.6 Å². The van der Waals surface area contributed by atoms with Crippen LogP contribution in [0, 0.1) is 0 Å². The highest BCUT2D eigenvalue weighted by Gasteiger charge is 2.16. The number of amides is 2. The molecule has 2 N–H and O–H groups in total. The Bertz CT molecular complexity index is 1110. The number of rotatable bonds is 5. The van der Waals surface area contributed by atoms with Gasteiger partial charge < -0.3 is 14.5 Å². The minimum atomic E-state index is -0.973. The van der Waals surface area contributed by atoms with Gasteiger partial charge in [-0.15, -0.1) is 0 Å². The first-order chi connectivity index (χ1) is 14.4. The average Bonchev–Trinajstić information content (AvgIpc) is 3.27. The molecular formula is C21H16ClN3O5. The van der Waals surface area contributed by atoms with E-state index < -0.39 is 17.8 Å². The molecule has 152 valence electrons. The number of benzene rings is 2. The van der Waals surface area contributed by atoms with E-state index in [0.717, 1.165) is 0 Å². The van der Waals surface area contributed by atoms with Gasteiger partial charge in [0.2, 0.25) is 5.76 Å². The van der Waals surface area contributed by atoms with Gasteiger partial charge in [0.25, 0.3) is 0 Å². The first-order valence-electron chi connectivity index (χ1n) is 8.70. The van der Waals surface area contributed by atoms with Gasteiger partial charge >= 0.3 is 17.8 Å². The van der Waals surface area contributed by atoms with Gasteiger partial charge in [-0.25, -0.2) is 10.2 Å². The Balaban J connectivity index is 1.67. The summed E-state index contributed by atoms with van der Waals surface area (Å²) in [7, 11) is 0. The molecule has 8 nitrogen and oxygen atoms in total. The molecule has 0 spiro atoms. The molecule has 0 aliphatic rings. The lowest BCUT2D eigenvalue weighted by atomic mass is 10.1. The van der Waals surface area contributed by atoms with Crippen LogP contribution in [0.25, 0.3) is 0 Å². The summed E-state index contributed by atoms with van der Waals surface area (Å²) in [6.45, 7) is 1.59. The van der Waals surface area contributed by atoms with E-state index in [2.05, 4.69) is 15.8 Å². The van der Waals surface area contributed by atoms with Crippen molar-refractivity contribution in [1.29, 1.82) is 0 Å². The third-order valence-corrected chi connectivity index (χ3v) is 4.05. The molecule has 0 unspecified atom stereocenters. The fraction of sp³-hybridized carbons (Fsp3) is 0.0476. The molecule has 2 aromatic carbocycles. The van der Waals surface area contributed by atoms with Crippen LogP contribution in [-0.4, -0.2) is 23.5 Å². The number of nitrogens with zero attached hydrogens (tertiary/aromatic N) is 1. The van der Waals surface area contributed by atoms with Crippen LogP contribution in [0.4, 0.5) is 5.69 Å². The largest absolute Gasteiger partial charge is 0.457 e. The molecule has 1 heterocycles. The smallest absolute Gasteiger partial charge is 0.379 e.